The fourth-order valence-corrected chi connectivity index (χ4v) is 3.92. The number of carbonyl (C=O) groups excluding carboxylic acids is 2. The third-order valence-electron chi connectivity index (χ3n) is 6.09. The number of carboxylic acids is 1. The highest BCUT2D eigenvalue weighted by atomic mass is 19.2. The molecule has 0 fully saturated rings. The number of amides is 1. The third-order valence-corrected chi connectivity index (χ3v) is 6.09. The lowest BCUT2D eigenvalue weighted by atomic mass is 9.95. The molecule has 2 aromatic carbocycles. The first-order valence-corrected chi connectivity index (χ1v) is 11.7. The van der Waals surface area contributed by atoms with E-state index in [1.54, 1.807) is 18.2 Å². The molecule has 2 aromatic rings. The SMILES string of the molecule is CONC(C=O)Cc1cc(-c2ccc(O)c(CC(C(=O)O)N(C)C(=O)[C@H](CC(O)CN)NF)c2)ccc1O. The molecule has 0 heterocycles. The number of aliphatic hydroxyl groups excluding tert-OH is 1. The molecule has 2 rings (SSSR count). The van der Waals surface area contributed by atoms with Crippen molar-refractivity contribution in [1.29, 1.82) is 0 Å². The predicted octanol–water partition coefficient (Wildman–Crippen LogP) is 0.0323. The summed E-state index contributed by atoms with van der Waals surface area (Å²) in [4.78, 5) is 41.7. The number of nitrogens with two attached hydrogens (primary N) is 1. The molecule has 0 saturated carbocycles. The number of phenolic OH excluding ortho intramolecular Hbond substituents is 2. The normalized spacial score (nSPS) is 14.3. The number of nitrogens with zero attached hydrogens (tertiary/aromatic N) is 1. The number of aliphatic carboxylic acids is 1. The average Bonchev–Trinajstić information content (AvgIpc) is 2.90. The third kappa shape index (κ3) is 7.94. The molecule has 0 aliphatic rings. The minimum atomic E-state index is -1.52. The molecule has 0 radical (unpaired) electrons. The van der Waals surface area contributed by atoms with Gasteiger partial charge in [-0.25, -0.2) is 4.79 Å². The fourth-order valence-electron chi connectivity index (χ4n) is 3.92. The van der Waals surface area contributed by atoms with Gasteiger partial charge in [-0.2, -0.15) is 5.48 Å². The summed E-state index contributed by atoms with van der Waals surface area (Å²) in [6.45, 7) is -0.212. The van der Waals surface area contributed by atoms with Gasteiger partial charge in [0.05, 0.1) is 19.3 Å². The molecule has 208 valence electrons. The lowest BCUT2D eigenvalue weighted by Crippen LogP contribution is -2.51. The summed E-state index contributed by atoms with van der Waals surface area (Å²) in [7, 11) is 2.54. The molecule has 1 amide bonds. The van der Waals surface area contributed by atoms with Crippen molar-refractivity contribution in [2.75, 3.05) is 20.7 Å². The van der Waals surface area contributed by atoms with Gasteiger partial charge >= 0.3 is 5.97 Å². The lowest BCUT2D eigenvalue weighted by Gasteiger charge is -2.29. The highest BCUT2D eigenvalue weighted by molar-refractivity contribution is 5.87. The van der Waals surface area contributed by atoms with Crippen LogP contribution in [-0.2, 0) is 32.1 Å². The van der Waals surface area contributed by atoms with Crippen molar-refractivity contribution in [3.05, 3.63) is 47.5 Å². The maximum atomic E-state index is 13.3. The van der Waals surface area contributed by atoms with E-state index < -0.39 is 36.1 Å². The van der Waals surface area contributed by atoms with Crippen LogP contribution in [-0.4, -0.2) is 88.4 Å². The summed E-state index contributed by atoms with van der Waals surface area (Å²) in [5.74, 6) is -2.57. The van der Waals surface area contributed by atoms with Crippen molar-refractivity contribution >= 4 is 18.2 Å². The minimum absolute atomic E-state index is 0.0423. The second-order valence-electron chi connectivity index (χ2n) is 8.75. The summed E-state index contributed by atoms with van der Waals surface area (Å²) < 4.78 is 13.3. The summed E-state index contributed by atoms with van der Waals surface area (Å²) in [6, 6.07) is 5.48. The Morgan fingerprint density at radius 2 is 1.66 bits per heavy atom. The van der Waals surface area contributed by atoms with Gasteiger partial charge in [-0.3, -0.25) is 4.79 Å². The fraction of sp³-hybridized carbons (Fsp3) is 0.400. The first-order chi connectivity index (χ1) is 18.1. The average molecular weight is 537 g/mol. The van der Waals surface area contributed by atoms with Crippen LogP contribution in [0.5, 0.6) is 11.5 Å². The first-order valence-electron chi connectivity index (χ1n) is 11.7. The number of aromatic hydroxyl groups is 2. The molecule has 12 nitrogen and oxygen atoms in total. The summed E-state index contributed by atoms with van der Waals surface area (Å²) in [5, 5.41) is 40.2. The van der Waals surface area contributed by atoms with E-state index in [4.69, 9.17) is 10.6 Å². The molecule has 4 atom stereocenters. The lowest BCUT2D eigenvalue weighted by molar-refractivity contribution is -0.150. The first kappa shape index (κ1) is 30.6. The number of aldehydes is 1. The van der Waals surface area contributed by atoms with Crippen LogP contribution in [0, 0.1) is 0 Å². The monoisotopic (exact) mass is 536 g/mol. The smallest absolute Gasteiger partial charge is 0.326 e. The second-order valence-corrected chi connectivity index (χ2v) is 8.75. The van der Waals surface area contributed by atoms with Crippen molar-refractivity contribution < 1.29 is 44.1 Å². The summed E-state index contributed by atoms with van der Waals surface area (Å²) in [6.07, 6.45) is -1.09. The van der Waals surface area contributed by atoms with E-state index in [9.17, 15) is 39.3 Å². The van der Waals surface area contributed by atoms with Crippen LogP contribution in [0.2, 0.25) is 0 Å². The zero-order chi connectivity index (χ0) is 28.4. The van der Waals surface area contributed by atoms with Crippen LogP contribution in [0.25, 0.3) is 11.1 Å². The number of nitrogens with one attached hydrogen (secondary N) is 2. The number of rotatable bonds is 15. The van der Waals surface area contributed by atoms with Crippen LogP contribution in [0.3, 0.4) is 0 Å². The number of carbonyl (C=O) groups is 3. The number of phenols is 2. The van der Waals surface area contributed by atoms with Crippen molar-refractivity contribution in [1.82, 2.24) is 15.9 Å². The Labute approximate surface area is 218 Å². The highest BCUT2D eigenvalue weighted by Gasteiger charge is 2.33. The van der Waals surface area contributed by atoms with E-state index >= 15 is 0 Å². The molecule has 0 saturated heterocycles. The van der Waals surface area contributed by atoms with Gasteiger partial charge in [-0.1, -0.05) is 12.1 Å². The quantitative estimate of drug-likeness (QED) is 0.0922. The van der Waals surface area contributed by atoms with Gasteiger partial charge in [0, 0.05) is 32.9 Å². The number of carboxylic acid groups (broad SMARTS) is 1. The van der Waals surface area contributed by atoms with E-state index in [-0.39, 0.29) is 42.9 Å². The number of likely N-dealkylation sites (N-methyl/N-ethyl adjacent to an activating group) is 1. The highest BCUT2D eigenvalue weighted by Crippen LogP contribution is 2.31. The molecule has 0 aromatic heterocycles. The Morgan fingerprint density at radius 1 is 1.11 bits per heavy atom. The Kier molecular flexibility index (Phi) is 11.6. The van der Waals surface area contributed by atoms with Gasteiger partial charge in [0.2, 0.25) is 5.91 Å². The van der Waals surface area contributed by atoms with Crippen LogP contribution in [0.4, 0.5) is 4.48 Å². The Morgan fingerprint density at radius 3 is 2.11 bits per heavy atom. The molecule has 13 heteroatoms. The van der Waals surface area contributed by atoms with Gasteiger partial charge in [-0.15, -0.1) is 10.0 Å². The summed E-state index contributed by atoms with van der Waals surface area (Å²) in [5.41, 5.74) is 10.9. The molecule has 3 unspecified atom stereocenters. The number of halogens is 1. The van der Waals surface area contributed by atoms with Crippen LogP contribution >= 0.6 is 0 Å². The number of hydrogen-bond donors (Lipinski definition) is 7. The van der Waals surface area contributed by atoms with Crippen LogP contribution in [0.15, 0.2) is 36.4 Å². The molecule has 0 spiro atoms. The van der Waals surface area contributed by atoms with E-state index in [1.807, 2.05) is 0 Å². The van der Waals surface area contributed by atoms with Crippen molar-refractivity contribution in [3.63, 3.8) is 0 Å². The zero-order valence-corrected chi connectivity index (χ0v) is 21.0. The largest absolute Gasteiger partial charge is 0.508 e. The van der Waals surface area contributed by atoms with E-state index in [0.717, 1.165) is 4.90 Å². The predicted molar refractivity (Wildman–Crippen MR) is 135 cm³/mol. The van der Waals surface area contributed by atoms with Gasteiger partial charge in [0.15, 0.2) is 0 Å². The molecule has 0 aliphatic carbocycles. The molecule has 0 bridgehead atoms. The van der Waals surface area contributed by atoms with E-state index in [0.29, 0.717) is 23.0 Å². The Balaban J connectivity index is 2.34. The van der Waals surface area contributed by atoms with Gasteiger partial charge < -0.3 is 40.7 Å². The molecular formula is C25H33FN4O8. The van der Waals surface area contributed by atoms with Crippen molar-refractivity contribution in [2.45, 2.75) is 43.5 Å². The van der Waals surface area contributed by atoms with Crippen molar-refractivity contribution in [3.8, 4) is 22.6 Å². The summed E-state index contributed by atoms with van der Waals surface area (Å²) >= 11 is 0. The zero-order valence-electron chi connectivity index (χ0n) is 21.0. The maximum Gasteiger partial charge on any atom is 0.326 e. The molecule has 38 heavy (non-hydrogen) atoms. The Hall–Kier alpha value is -3.62. The van der Waals surface area contributed by atoms with Gasteiger partial charge in [0.1, 0.15) is 29.9 Å². The second kappa shape index (κ2) is 14.4. The molecule has 8 N–H and O–H groups in total. The van der Waals surface area contributed by atoms with Gasteiger partial charge in [-0.05, 0) is 46.5 Å². The van der Waals surface area contributed by atoms with Crippen LogP contribution in [0.1, 0.15) is 17.5 Å². The molecule has 0 aliphatic heterocycles. The van der Waals surface area contributed by atoms with Gasteiger partial charge in [0.25, 0.3) is 0 Å². The minimum Gasteiger partial charge on any atom is -0.508 e. The number of aliphatic hydroxyl groups is 1. The Bertz CT molecular complexity index is 1120. The number of hydroxylamine groups is 1. The van der Waals surface area contributed by atoms with Crippen LogP contribution < -0.4 is 16.8 Å². The maximum absolute atomic E-state index is 13.3. The number of hydrogen-bond acceptors (Lipinski definition) is 10. The molecular weight excluding hydrogens is 503 g/mol. The number of benzene rings is 2. The van der Waals surface area contributed by atoms with E-state index in [2.05, 4.69) is 5.48 Å². The van der Waals surface area contributed by atoms with E-state index in [1.165, 1.54) is 37.9 Å². The van der Waals surface area contributed by atoms with Crippen molar-refractivity contribution in [2.24, 2.45) is 5.73 Å². The standard InChI is InChI=1S/C25H33FN4O8/c1-30(24(35)20(28-26)11-19(32)12-27)21(25(36)37)10-17-8-15(4-6-23(17)34)14-3-5-22(33)16(7-14)9-18(13-31)29-38-2/h3-8,13,18-21,28-29,32-34H,9-12,27H2,1-2H3,(H,36,37)/t18?,19?,20-,21?/m0/s1. The topological polar surface area (TPSA) is 195 Å².